The third kappa shape index (κ3) is 3.81. The summed E-state index contributed by atoms with van der Waals surface area (Å²) in [5.41, 5.74) is -1.01. The summed E-state index contributed by atoms with van der Waals surface area (Å²) in [5.74, 6) is -0.232. The largest absolute Gasteiger partial charge is 0.416 e. The Hall–Kier alpha value is -3.33. The van der Waals surface area contributed by atoms with Gasteiger partial charge in [-0.05, 0) is 18.2 Å². The molecule has 3 heterocycles. The van der Waals surface area contributed by atoms with Gasteiger partial charge in [-0.3, -0.25) is 9.97 Å². The Bertz CT molecular complexity index is 1230. The molecule has 0 N–H and O–H groups in total. The van der Waals surface area contributed by atoms with Gasteiger partial charge in [-0.1, -0.05) is 6.92 Å². The molecule has 0 radical (unpaired) electrons. The van der Waals surface area contributed by atoms with E-state index < -0.39 is 21.6 Å². The lowest BCUT2D eigenvalue weighted by molar-refractivity contribution is -0.137. The van der Waals surface area contributed by atoms with Crippen LogP contribution in [-0.2, 0) is 23.1 Å². The number of hydrogen-bond donors (Lipinski definition) is 0. The molecule has 0 amide bonds. The van der Waals surface area contributed by atoms with Gasteiger partial charge in [-0.15, -0.1) is 10.2 Å². The molecule has 29 heavy (non-hydrogen) atoms. The highest BCUT2D eigenvalue weighted by Gasteiger charge is 2.31. The Balaban J connectivity index is 2.18. The molecule has 3 aromatic heterocycles. The van der Waals surface area contributed by atoms with Crippen molar-refractivity contribution in [2.45, 2.75) is 18.0 Å². The SMILES string of the molecule is CCS(=O)(=O)c1cc(C#N)cnc1-c1nnc(-c2cc(C(F)(F)F)ccn2)n1C. The first kappa shape index (κ1) is 20.4. The minimum Gasteiger partial charge on any atom is -0.307 e. The van der Waals surface area contributed by atoms with Crippen LogP contribution >= 0.6 is 0 Å². The molecule has 3 aromatic rings. The highest BCUT2D eigenvalue weighted by molar-refractivity contribution is 7.91. The molecule has 150 valence electrons. The molecule has 0 spiro atoms. The molecule has 0 aromatic carbocycles. The van der Waals surface area contributed by atoms with Crippen LogP contribution in [0.25, 0.3) is 23.0 Å². The summed E-state index contributed by atoms with van der Waals surface area (Å²) in [5, 5.41) is 16.8. The predicted molar refractivity (Wildman–Crippen MR) is 94.9 cm³/mol. The zero-order valence-corrected chi connectivity index (χ0v) is 16.0. The Kier molecular flexibility index (Phi) is 5.10. The summed E-state index contributed by atoms with van der Waals surface area (Å²) < 4.78 is 65.1. The molecule has 0 aliphatic carbocycles. The zero-order valence-electron chi connectivity index (χ0n) is 15.1. The number of sulfone groups is 1. The third-order valence-corrected chi connectivity index (χ3v) is 5.84. The molecular formula is C17H13F3N6O2S. The van der Waals surface area contributed by atoms with Crippen molar-refractivity contribution in [2.75, 3.05) is 5.75 Å². The summed E-state index contributed by atoms with van der Waals surface area (Å²) in [6.07, 6.45) is -2.38. The van der Waals surface area contributed by atoms with E-state index in [1.54, 1.807) is 0 Å². The van der Waals surface area contributed by atoms with Gasteiger partial charge < -0.3 is 4.57 Å². The van der Waals surface area contributed by atoms with Crippen molar-refractivity contribution in [3.63, 3.8) is 0 Å². The van der Waals surface area contributed by atoms with Gasteiger partial charge in [0.1, 0.15) is 17.5 Å². The maximum Gasteiger partial charge on any atom is 0.416 e. The summed E-state index contributed by atoms with van der Waals surface area (Å²) in [4.78, 5) is 7.72. The van der Waals surface area contributed by atoms with Crippen molar-refractivity contribution in [2.24, 2.45) is 7.05 Å². The Morgan fingerprint density at radius 1 is 1.17 bits per heavy atom. The number of rotatable bonds is 4. The van der Waals surface area contributed by atoms with Gasteiger partial charge >= 0.3 is 6.18 Å². The van der Waals surface area contributed by atoms with Crippen molar-refractivity contribution in [3.05, 3.63) is 41.7 Å². The molecule has 0 saturated heterocycles. The van der Waals surface area contributed by atoms with E-state index in [0.29, 0.717) is 0 Å². The van der Waals surface area contributed by atoms with Crippen molar-refractivity contribution >= 4 is 9.84 Å². The molecule has 0 aliphatic heterocycles. The highest BCUT2D eigenvalue weighted by Crippen LogP contribution is 2.32. The third-order valence-electron chi connectivity index (χ3n) is 4.10. The molecule has 0 aliphatic rings. The van der Waals surface area contributed by atoms with Gasteiger partial charge in [0.25, 0.3) is 0 Å². The quantitative estimate of drug-likeness (QED) is 0.635. The van der Waals surface area contributed by atoms with Gasteiger partial charge in [0.2, 0.25) is 0 Å². The maximum atomic E-state index is 13.0. The first-order chi connectivity index (χ1) is 13.6. The van der Waals surface area contributed by atoms with E-state index in [1.165, 1.54) is 30.8 Å². The lowest BCUT2D eigenvalue weighted by Gasteiger charge is -2.10. The van der Waals surface area contributed by atoms with E-state index >= 15 is 0 Å². The second-order valence-corrected chi connectivity index (χ2v) is 8.17. The fraction of sp³-hybridized carbons (Fsp3) is 0.235. The first-order valence-electron chi connectivity index (χ1n) is 8.14. The molecular weight excluding hydrogens is 409 g/mol. The smallest absolute Gasteiger partial charge is 0.307 e. The second kappa shape index (κ2) is 7.25. The molecule has 0 saturated carbocycles. The van der Waals surface area contributed by atoms with Crippen LogP contribution in [0.3, 0.4) is 0 Å². The van der Waals surface area contributed by atoms with Crippen LogP contribution in [0.15, 0.2) is 35.5 Å². The van der Waals surface area contributed by atoms with Crippen LogP contribution in [-0.4, -0.2) is 38.9 Å². The van der Waals surface area contributed by atoms with E-state index in [-0.39, 0.29) is 39.2 Å². The fourth-order valence-corrected chi connectivity index (χ4v) is 3.61. The van der Waals surface area contributed by atoms with Crippen LogP contribution < -0.4 is 0 Å². The second-order valence-electron chi connectivity index (χ2n) is 5.92. The van der Waals surface area contributed by atoms with Crippen LogP contribution in [0, 0.1) is 11.3 Å². The average Bonchev–Trinajstić information content (AvgIpc) is 3.08. The predicted octanol–water partition coefficient (Wildman–Crippen LogP) is 2.62. The number of nitrogens with zero attached hydrogens (tertiary/aromatic N) is 6. The molecule has 8 nitrogen and oxygen atoms in total. The highest BCUT2D eigenvalue weighted by atomic mass is 32.2. The molecule has 0 bridgehead atoms. The average molecular weight is 422 g/mol. The number of aromatic nitrogens is 5. The fourth-order valence-electron chi connectivity index (χ4n) is 2.55. The zero-order chi connectivity index (χ0) is 21.4. The molecule has 3 rings (SSSR count). The monoisotopic (exact) mass is 422 g/mol. The van der Waals surface area contributed by atoms with Crippen molar-refractivity contribution < 1.29 is 21.6 Å². The van der Waals surface area contributed by atoms with E-state index in [2.05, 4.69) is 20.2 Å². The van der Waals surface area contributed by atoms with Crippen molar-refractivity contribution in [1.82, 2.24) is 24.7 Å². The first-order valence-corrected chi connectivity index (χ1v) is 9.80. The van der Waals surface area contributed by atoms with Crippen LogP contribution in [0.5, 0.6) is 0 Å². The standard InChI is InChI=1S/C17H13F3N6O2S/c1-3-29(27,28)13-6-10(8-21)9-23-14(13)16-25-24-15(26(16)2)12-7-11(4-5-22-12)17(18,19)20/h4-7,9H,3H2,1-2H3. The van der Waals surface area contributed by atoms with E-state index in [9.17, 15) is 21.6 Å². The summed E-state index contributed by atoms with van der Waals surface area (Å²) in [6, 6.07) is 4.65. The molecule has 0 atom stereocenters. The minimum absolute atomic E-state index is 0.00268. The van der Waals surface area contributed by atoms with Crippen molar-refractivity contribution in [1.29, 1.82) is 5.26 Å². The number of alkyl halides is 3. The van der Waals surface area contributed by atoms with Gasteiger partial charge in [-0.25, -0.2) is 8.42 Å². The van der Waals surface area contributed by atoms with Gasteiger partial charge in [0, 0.05) is 19.4 Å². The number of halogens is 3. The van der Waals surface area contributed by atoms with Crippen LogP contribution in [0.1, 0.15) is 18.1 Å². The maximum absolute atomic E-state index is 13.0. The summed E-state index contributed by atoms with van der Waals surface area (Å²) in [6.45, 7) is 1.44. The van der Waals surface area contributed by atoms with Crippen molar-refractivity contribution in [3.8, 4) is 29.1 Å². The Morgan fingerprint density at radius 2 is 1.86 bits per heavy atom. The van der Waals surface area contributed by atoms with Crippen LogP contribution in [0.2, 0.25) is 0 Å². The number of nitriles is 1. The summed E-state index contributed by atoms with van der Waals surface area (Å²) >= 11 is 0. The Morgan fingerprint density at radius 3 is 2.48 bits per heavy atom. The van der Waals surface area contributed by atoms with E-state index in [1.807, 2.05) is 6.07 Å². The minimum atomic E-state index is -4.56. The lowest BCUT2D eigenvalue weighted by atomic mass is 10.2. The van der Waals surface area contributed by atoms with Gasteiger partial charge in [0.05, 0.1) is 21.8 Å². The lowest BCUT2D eigenvalue weighted by Crippen LogP contribution is -2.09. The molecule has 0 fully saturated rings. The van der Waals surface area contributed by atoms with Gasteiger partial charge in [-0.2, -0.15) is 18.4 Å². The van der Waals surface area contributed by atoms with Gasteiger partial charge in [0.15, 0.2) is 21.5 Å². The van der Waals surface area contributed by atoms with E-state index in [4.69, 9.17) is 5.26 Å². The van der Waals surface area contributed by atoms with Crippen LogP contribution in [0.4, 0.5) is 13.2 Å². The topological polar surface area (TPSA) is 114 Å². The van der Waals surface area contributed by atoms with E-state index in [0.717, 1.165) is 18.3 Å². The Labute approximate surface area is 163 Å². The molecule has 0 unspecified atom stereocenters. The number of hydrogen-bond acceptors (Lipinski definition) is 7. The normalized spacial score (nSPS) is 12.0. The number of pyridine rings is 2. The summed E-state index contributed by atoms with van der Waals surface area (Å²) in [7, 11) is -2.31. The molecule has 12 heteroatoms.